The van der Waals surface area contributed by atoms with Crippen LogP contribution in [0.15, 0.2) is 12.1 Å². The molecule has 16 heavy (non-hydrogen) atoms. The van der Waals surface area contributed by atoms with E-state index in [9.17, 15) is 0 Å². The van der Waals surface area contributed by atoms with Crippen LogP contribution in [0, 0.1) is 0 Å². The number of benzene rings is 1. The van der Waals surface area contributed by atoms with E-state index in [1.807, 2.05) is 12.1 Å². The minimum Gasteiger partial charge on any atom is -0.493 e. The van der Waals surface area contributed by atoms with Crippen LogP contribution in [0.25, 0.3) is 0 Å². The largest absolute Gasteiger partial charge is 0.493 e. The van der Waals surface area contributed by atoms with Crippen molar-refractivity contribution in [3.8, 4) is 17.2 Å². The SMILES string of the molecule is COc1ccc(C[SH](C)C)c(OC)c1OC. The van der Waals surface area contributed by atoms with Gasteiger partial charge in [-0.1, -0.05) is 6.07 Å². The molecule has 0 heterocycles. The molecule has 1 rings (SSSR count). The van der Waals surface area contributed by atoms with E-state index in [1.54, 1.807) is 21.3 Å². The summed E-state index contributed by atoms with van der Waals surface area (Å²) in [6.45, 7) is 0. The van der Waals surface area contributed by atoms with E-state index in [4.69, 9.17) is 14.2 Å². The van der Waals surface area contributed by atoms with Crippen molar-refractivity contribution in [2.24, 2.45) is 0 Å². The van der Waals surface area contributed by atoms with Crippen LogP contribution in [0.4, 0.5) is 0 Å². The molecule has 0 aromatic heterocycles. The van der Waals surface area contributed by atoms with Gasteiger partial charge < -0.3 is 14.2 Å². The first-order chi connectivity index (χ1) is 7.63. The van der Waals surface area contributed by atoms with Crippen LogP contribution in [-0.4, -0.2) is 33.8 Å². The van der Waals surface area contributed by atoms with Gasteiger partial charge >= 0.3 is 0 Å². The highest BCUT2D eigenvalue weighted by molar-refractivity contribution is 8.15. The van der Waals surface area contributed by atoms with Gasteiger partial charge in [0.05, 0.1) is 21.3 Å². The normalized spacial score (nSPS) is 10.9. The standard InChI is InChI=1S/C12H20O3S/c1-13-10-7-6-9(8-16(4)5)11(14-2)12(10)15-3/h6-7,16H,8H2,1-5H3. The number of hydrogen-bond donors (Lipinski definition) is 1. The van der Waals surface area contributed by atoms with Gasteiger partial charge in [0.1, 0.15) is 0 Å². The zero-order valence-electron chi connectivity index (χ0n) is 10.5. The molecule has 0 aliphatic rings. The van der Waals surface area contributed by atoms with Crippen molar-refractivity contribution in [1.29, 1.82) is 0 Å². The predicted octanol–water partition coefficient (Wildman–Crippen LogP) is 2.47. The summed E-state index contributed by atoms with van der Waals surface area (Å²) in [5.41, 5.74) is 1.18. The second-order valence-corrected chi connectivity index (χ2v) is 6.21. The molecule has 0 atom stereocenters. The van der Waals surface area contributed by atoms with Crippen molar-refractivity contribution in [1.82, 2.24) is 0 Å². The molecular formula is C12H20O3S. The predicted molar refractivity (Wildman–Crippen MR) is 70.6 cm³/mol. The van der Waals surface area contributed by atoms with E-state index in [-0.39, 0.29) is 10.9 Å². The topological polar surface area (TPSA) is 27.7 Å². The van der Waals surface area contributed by atoms with Gasteiger partial charge in [-0.2, -0.15) is 0 Å². The fraction of sp³-hybridized carbons (Fsp3) is 0.500. The highest BCUT2D eigenvalue weighted by Gasteiger charge is 2.15. The van der Waals surface area contributed by atoms with E-state index in [0.717, 1.165) is 11.5 Å². The average molecular weight is 244 g/mol. The molecule has 1 aromatic rings. The quantitative estimate of drug-likeness (QED) is 0.806. The first kappa shape index (κ1) is 13.0. The summed E-state index contributed by atoms with van der Waals surface area (Å²) >= 11 is 0. The summed E-state index contributed by atoms with van der Waals surface area (Å²) in [7, 11) is 4.91. The molecule has 0 saturated carbocycles. The lowest BCUT2D eigenvalue weighted by molar-refractivity contribution is 0.323. The molecule has 0 spiro atoms. The van der Waals surface area contributed by atoms with Gasteiger partial charge in [-0.25, -0.2) is 0 Å². The summed E-state index contributed by atoms with van der Waals surface area (Å²) in [6, 6.07) is 3.97. The number of hydrogen-bond acceptors (Lipinski definition) is 3. The Balaban J connectivity index is 3.20. The molecule has 0 radical (unpaired) electrons. The monoisotopic (exact) mass is 244 g/mol. The molecule has 0 unspecified atom stereocenters. The number of ether oxygens (including phenoxy) is 3. The molecular weight excluding hydrogens is 224 g/mol. The fourth-order valence-corrected chi connectivity index (χ4v) is 2.56. The number of methoxy groups -OCH3 is 3. The number of rotatable bonds is 5. The summed E-state index contributed by atoms with van der Waals surface area (Å²) in [6.07, 6.45) is 4.48. The summed E-state index contributed by atoms with van der Waals surface area (Å²) < 4.78 is 16.0. The van der Waals surface area contributed by atoms with E-state index in [0.29, 0.717) is 11.5 Å². The lowest BCUT2D eigenvalue weighted by atomic mass is 10.2. The van der Waals surface area contributed by atoms with Crippen LogP contribution in [-0.2, 0) is 5.75 Å². The maximum absolute atomic E-state index is 5.42. The van der Waals surface area contributed by atoms with Crippen LogP contribution < -0.4 is 14.2 Å². The Hall–Kier alpha value is -1.03. The third kappa shape index (κ3) is 2.76. The van der Waals surface area contributed by atoms with Crippen LogP contribution in [0.5, 0.6) is 17.2 Å². The maximum atomic E-state index is 5.42. The second-order valence-electron chi connectivity index (χ2n) is 3.73. The van der Waals surface area contributed by atoms with E-state index >= 15 is 0 Å². The zero-order valence-corrected chi connectivity index (χ0v) is 11.4. The van der Waals surface area contributed by atoms with Crippen LogP contribution in [0.3, 0.4) is 0 Å². The molecule has 92 valence electrons. The minimum absolute atomic E-state index is 0.00634. The third-order valence-corrected chi connectivity index (χ3v) is 3.25. The second kappa shape index (κ2) is 5.89. The van der Waals surface area contributed by atoms with Crippen molar-refractivity contribution >= 4 is 10.9 Å². The molecule has 0 amide bonds. The summed E-state index contributed by atoms with van der Waals surface area (Å²) in [5.74, 6) is 3.20. The first-order valence-electron chi connectivity index (χ1n) is 5.06. The van der Waals surface area contributed by atoms with Gasteiger partial charge in [0.25, 0.3) is 0 Å². The van der Waals surface area contributed by atoms with Gasteiger partial charge in [0.15, 0.2) is 11.5 Å². The lowest BCUT2D eigenvalue weighted by Crippen LogP contribution is -1.99. The highest BCUT2D eigenvalue weighted by atomic mass is 32.2. The van der Waals surface area contributed by atoms with Crippen LogP contribution in [0.1, 0.15) is 5.56 Å². The lowest BCUT2D eigenvalue weighted by Gasteiger charge is -2.17. The highest BCUT2D eigenvalue weighted by Crippen LogP contribution is 2.41. The van der Waals surface area contributed by atoms with Gasteiger partial charge in [-0.15, -0.1) is 0 Å². The van der Waals surface area contributed by atoms with E-state index in [2.05, 4.69) is 12.5 Å². The molecule has 4 heteroatoms. The Bertz CT molecular complexity index is 350. The molecule has 0 aliphatic carbocycles. The molecule has 1 aromatic carbocycles. The third-order valence-electron chi connectivity index (χ3n) is 2.27. The van der Waals surface area contributed by atoms with Crippen molar-refractivity contribution in [2.45, 2.75) is 5.75 Å². The van der Waals surface area contributed by atoms with Gasteiger partial charge in [-0.05, 0) is 18.6 Å². The van der Waals surface area contributed by atoms with E-state index in [1.165, 1.54) is 5.56 Å². The molecule has 0 N–H and O–H groups in total. The van der Waals surface area contributed by atoms with Crippen molar-refractivity contribution in [2.75, 3.05) is 33.8 Å². The Morgan fingerprint density at radius 1 is 0.938 bits per heavy atom. The van der Waals surface area contributed by atoms with Gasteiger partial charge in [-0.3, -0.25) is 10.9 Å². The first-order valence-corrected chi connectivity index (χ1v) is 7.48. The van der Waals surface area contributed by atoms with Crippen LogP contribution in [0.2, 0.25) is 0 Å². The minimum atomic E-state index is -0.00634. The van der Waals surface area contributed by atoms with Gasteiger partial charge in [0, 0.05) is 11.3 Å². The Morgan fingerprint density at radius 2 is 1.56 bits per heavy atom. The maximum Gasteiger partial charge on any atom is 0.203 e. The van der Waals surface area contributed by atoms with Crippen molar-refractivity contribution in [3.63, 3.8) is 0 Å². The summed E-state index contributed by atoms with van der Waals surface area (Å²) in [5, 5.41) is 0. The molecule has 0 fully saturated rings. The average Bonchev–Trinajstić information content (AvgIpc) is 2.27. The van der Waals surface area contributed by atoms with Crippen molar-refractivity contribution < 1.29 is 14.2 Å². The molecule has 0 bridgehead atoms. The van der Waals surface area contributed by atoms with Crippen molar-refractivity contribution in [3.05, 3.63) is 17.7 Å². The Labute approximate surface area is 100 Å². The van der Waals surface area contributed by atoms with E-state index < -0.39 is 0 Å². The zero-order chi connectivity index (χ0) is 12.1. The summed E-state index contributed by atoms with van der Waals surface area (Å²) in [4.78, 5) is 0. The molecule has 0 aliphatic heterocycles. The smallest absolute Gasteiger partial charge is 0.203 e. The Morgan fingerprint density at radius 3 is 2.00 bits per heavy atom. The Kier molecular flexibility index (Phi) is 4.80. The molecule has 0 saturated heterocycles. The fourth-order valence-electron chi connectivity index (χ4n) is 1.63. The van der Waals surface area contributed by atoms with Gasteiger partial charge in [0.2, 0.25) is 5.75 Å². The van der Waals surface area contributed by atoms with Crippen LogP contribution >= 0.6 is 10.9 Å². The molecule has 3 nitrogen and oxygen atoms in total. The number of thiol groups is 1.